The molecule has 6 nitrogen and oxygen atoms in total. The normalized spacial score (nSPS) is 16.7. The van der Waals surface area contributed by atoms with Crippen molar-refractivity contribution in [1.29, 1.82) is 0 Å². The minimum Gasteiger partial charge on any atom is -0.369 e. The van der Waals surface area contributed by atoms with E-state index in [4.69, 9.17) is 5.73 Å². The molecule has 2 aromatic heterocycles. The highest BCUT2D eigenvalue weighted by Crippen LogP contribution is 2.23. The number of carbonyl (C=O) groups is 1. The zero-order valence-corrected chi connectivity index (χ0v) is 10.1. The van der Waals surface area contributed by atoms with E-state index >= 15 is 0 Å². The van der Waals surface area contributed by atoms with E-state index in [-0.39, 0.29) is 5.91 Å². The van der Waals surface area contributed by atoms with E-state index in [0.717, 1.165) is 12.8 Å². The fraction of sp³-hybridized carbons (Fsp3) is 0.417. The van der Waals surface area contributed by atoms with E-state index in [1.54, 1.807) is 16.8 Å². The van der Waals surface area contributed by atoms with Crippen molar-refractivity contribution in [2.75, 3.05) is 5.73 Å². The molecule has 0 aliphatic heterocycles. The molecule has 1 fully saturated rings. The summed E-state index contributed by atoms with van der Waals surface area (Å²) in [6.45, 7) is 1.81. The molecule has 6 heteroatoms. The number of pyridine rings is 1. The zero-order valence-electron chi connectivity index (χ0n) is 10.1. The SMILES string of the molecule is CC(C(=O)NC1CC1)n1c(N)nc2cccnc21. The van der Waals surface area contributed by atoms with Gasteiger partial charge in [-0.05, 0) is 31.9 Å². The van der Waals surface area contributed by atoms with Crippen molar-refractivity contribution < 1.29 is 4.79 Å². The number of aromatic nitrogens is 3. The first kappa shape index (κ1) is 11.0. The van der Waals surface area contributed by atoms with Gasteiger partial charge in [-0.25, -0.2) is 9.97 Å². The Morgan fingerprint density at radius 1 is 1.61 bits per heavy atom. The predicted molar refractivity (Wildman–Crippen MR) is 67.8 cm³/mol. The lowest BCUT2D eigenvalue weighted by atomic mass is 10.3. The lowest BCUT2D eigenvalue weighted by Crippen LogP contribution is -2.33. The van der Waals surface area contributed by atoms with Gasteiger partial charge in [0.2, 0.25) is 11.9 Å². The van der Waals surface area contributed by atoms with Gasteiger partial charge >= 0.3 is 0 Å². The first-order valence-corrected chi connectivity index (χ1v) is 6.05. The van der Waals surface area contributed by atoms with E-state index in [0.29, 0.717) is 23.2 Å². The van der Waals surface area contributed by atoms with Crippen molar-refractivity contribution >= 4 is 23.0 Å². The van der Waals surface area contributed by atoms with Gasteiger partial charge < -0.3 is 11.1 Å². The van der Waals surface area contributed by atoms with E-state index < -0.39 is 6.04 Å². The fourth-order valence-corrected chi connectivity index (χ4v) is 2.00. The second-order valence-corrected chi connectivity index (χ2v) is 4.64. The average Bonchev–Trinajstić information content (AvgIpc) is 3.09. The van der Waals surface area contributed by atoms with Gasteiger partial charge in [-0.1, -0.05) is 0 Å². The maximum Gasteiger partial charge on any atom is 0.243 e. The molecule has 0 radical (unpaired) electrons. The van der Waals surface area contributed by atoms with Crippen molar-refractivity contribution in [1.82, 2.24) is 19.9 Å². The summed E-state index contributed by atoms with van der Waals surface area (Å²) in [7, 11) is 0. The minimum absolute atomic E-state index is 0.0332. The Labute approximate surface area is 104 Å². The van der Waals surface area contributed by atoms with Crippen molar-refractivity contribution in [3.8, 4) is 0 Å². The summed E-state index contributed by atoms with van der Waals surface area (Å²) in [4.78, 5) is 20.5. The monoisotopic (exact) mass is 245 g/mol. The lowest BCUT2D eigenvalue weighted by molar-refractivity contribution is -0.123. The maximum absolute atomic E-state index is 12.0. The Morgan fingerprint density at radius 3 is 3.11 bits per heavy atom. The van der Waals surface area contributed by atoms with Crippen LogP contribution in [0.15, 0.2) is 18.3 Å². The molecule has 1 amide bonds. The third kappa shape index (κ3) is 1.79. The summed E-state index contributed by atoms with van der Waals surface area (Å²) in [6.07, 6.45) is 3.80. The minimum atomic E-state index is -0.398. The van der Waals surface area contributed by atoms with Crippen LogP contribution in [-0.2, 0) is 4.79 Å². The van der Waals surface area contributed by atoms with Gasteiger partial charge in [-0.3, -0.25) is 9.36 Å². The first-order valence-electron chi connectivity index (χ1n) is 6.05. The number of hydrogen-bond acceptors (Lipinski definition) is 4. The Morgan fingerprint density at radius 2 is 2.39 bits per heavy atom. The molecule has 3 N–H and O–H groups in total. The predicted octanol–water partition coefficient (Wildman–Crippen LogP) is 0.853. The number of amides is 1. The summed E-state index contributed by atoms with van der Waals surface area (Å²) in [5.74, 6) is 0.288. The van der Waals surface area contributed by atoms with Crippen molar-refractivity contribution in [2.45, 2.75) is 31.8 Å². The molecule has 2 heterocycles. The molecule has 0 spiro atoms. The standard InChI is InChI=1S/C12H15N5O/c1-7(11(18)15-8-4-5-8)17-10-9(16-12(17)13)3-2-6-14-10/h2-3,6-8H,4-5H2,1H3,(H2,13,16)(H,15,18). The van der Waals surface area contributed by atoms with Crippen LogP contribution >= 0.6 is 0 Å². The highest BCUT2D eigenvalue weighted by Gasteiger charge is 2.27. The third-order valence-corrected chi connectivity index (χ3v) is 3.17. The summed E-state index contributed by atoms with van der Waals surface area (Å²) < 4.78 is 1.67. The van der Waals surface area contributed by atoms with E-state index in [2.05, 4.69) is 15.3 Å². The quantitative estimate of drug-likeness (QED) is 0.839. The number of imidazole rings is 1. The van der Waals surface area contributed by atoms with Gasteiger partial charge in [0.15, 0.2) is 5.65 Å². The van der Waals surface area contributed by atoms with Gasteiger partial charge in [-0.2, -0.15) is 0 Å². The molecular weight excluding hydrogens is 230 g/mol. The molecule has 1 aliphatic carbocycles. The topological polar surface area (TPSA) is 85.8 Å². The summed E-state index contributed by atoms with van der Waals surface area (Å²) >= 11 is 0. The molecular formula is C12H15N5O. The second kappa shape index (κ2) is 3.97. The number of nitrogen functional groups attached to an aromatic ring is 1. The van der Waals surface area contributed by atoms with Gasteiger partial charge in [0, 0.05) is 12.2 Å². The van der Waals surface area contributed by atoms with Crippen LogP contribution in [-0.4, -0.2) is 26.5 Å². The lowest BCUT2D eigenvalue weighted by Gasteiger charge is -2.14. The number of nitrogens with two attached hydrogens (primary N) is 1. The van der Waals surface area contributed by atoms with Gasteiger partial charge in [-0.15, -0.1) is 0 Å². The van der Waals surface area contributed by atoms with Crippen LogP contribution < -0.4 is 11.1 Å². The smallest absolute Gasteiger partial charge is 0.243 e. The van der Waals surface area contributed by atoms with Crippen LogP contribution in [0.3, 0.4) is 0 Å². The first-order chi connectivity index (χ1) is 8.66. The number of nitrogens with one attached hydrogen (secondary N) is 1. The molecule has 94 valence electrons. The Bertz CT molecular complexity index is 602. The van der Waals surface area contributed by atoms with Gasteiger partial charge in [0.05, 0.1) is 0 Å². The highest BCUT2D eigenvalue weighted by atomic mass is 16.2. The van der Waals surface area contributed by atoms with E-state index in [1.807, 2.05) is 13.0 Å². The van der Waals surface area contributed by atoms with Crippen LogP contribution in [0.4, 0.5) is 5.95 Å². The molecule has 3 rings (SSSR count). The second-order valence-electron chi connectivity index (χ2n) is 4.64. The highest BCUT2D eigenvalue weighted by molar-refractivity contribution is 5.84. The van der Waals surface area contributed by atoms with Crippen molar-refractivity contribution in [3.05, 3.63) is 18.3 Å². The van der Waals surface area contributed by atoms with E-state index in [1.165, 1.54) is 0 Å². The maximum atomic E-state index is 12.0. The number of nitrogens with zero attached hydrogens (tertiary/aromatic N) is 3. The van der Waals surface area contributed by atoms with Crippen LogP contribution in [0.1, 0.15) is 25.8 Å². The van der Waals surface area contributed by atoms with Crippen molar-refractivity contribution in [2.24, 2.45) is 0 Å². The molecule has 1 atom stereocenters. The molecule has 18 heavy (non-hydrogen) atoms. The van der Waals surface area contributed by atoms with Crippen LogP contribution in [0.5, 0.6) is 0 Å². The summed E-state index contributed by atoms with van der Waals surface area (Å²) in [5.41, 5.74) is 7.23. The summed E-state index contributed by atoms with van der Waals surface area (Å²) in [6, 6.07) is 3.57. The molecule has 0 aromatic carbocycles. The molecule has 1 aliphatic rings. The van der Waals surface area contributed by atoms with Gasteiger partial charge in [0.1, 0.15) is 11.6 Å². The van der Waals surface area contributed by atoms with Crippen molar-refractivity contribution in [3.63, 3.8) is 0 Å². The number of anilines is 1. The third-order valence-electron chi connectivity index (χ3n) is 3.17. The Balaban J connectivity index is 1.96. The Hall–Kier alpha value is -2.11. The molecule has 0 bridgehead atoms. The van der Waals surface area contributed by atoms with Crippen LogP contribution in [0.2, 0.25) is 0 Å². The summed E-state index contributed by atoms with van der Waals surface area (Å²) in [5, 5.41) is 2.96. The molecule has 2 aromatic rings. The van der Waals surface area contributed by atoms with Crippen LogP contribution in [0, 0.1) is 0 Å². The molecule has 0 saturated heterocycles. The fourth-order valence-electron chi connectivity index (χ4n) is 2.00. The largest absolute Gasteiger partial charge is 0.369 e. The van der Waals surface area contributed by atoms with Crippen LogP contribution in [0.25, 0.3) is 11.2 Å². The average molecular weight is 245 g/mol. The number of rotatable bonds is 3. The molecule has 1 unspecified atom stereocenters. The van der Waals surface area contributed by atoms with Gasteiger partial charge in [0.25, 0.3) is 0 Å². The molecule has 1 saturated carbocycles. The number of carbonyl (C=O) groups excluding carboxylic acids is 1. The number of fused-ring (bicyclic) bond motifs is 1. The van der Waals surface area contributed by atoms with E-state index in [9.17, 15) is 4.79 Å². The number of hydrogen-bond donors (Lipinski definition) is 2. The Kier molecular flexibility index (Phi) is 2.43. The zero-order chi connectivity index (χ0) is 12.7.